The maximum Gasteiger partial charge on any atom is 0.302 e. The van der Waals surface area contributed by atoms with Crippen molar-refractivity contribution in [2.24, 2.45) is 0 Å². The van der Waals surface area contributed by atoms with Gasteiger partial charge in [-0.2, -0.15) is 4.98 Å². The number of aliphatic hydroxyl groups is 2. The molecule has 1 aromatic rings. The van der Waals surface area contributed by atoms with Gasteiger partial charge < -0.3 is 19.7 Å². The molecule has 1 saturated heterocycles. The van der Waals surface area contributed by atoms with Crippen LogP contribution in [0.2, 0.25) is 0 Å². The second-order valence-corrected chi connectivity index (χ2v) is 4.25. The molecule has 0 aliphatic carbocycles. The number of rotatable bonds is 2. The molecule has 0 saturated carbocycles. The van der Waals surface area contributed by atoms with E-state index in [1.54, 1.807) is 4.57 Å². The number of aromatic nitrogens is 2. The number of hydrogen-bond acceptors (Lipinski definition) is 6. The zero-order chi connectivity index (χ0) is 12.0. The van der Waals surface area contributed by atoms with Crippen LogP contribution in [0, 0.1) is 0 Å². The molecule has 2 bridgehead atoms. The molecule has 3 heterocycles. The third-order valence-electron chi connectivity index (χ3n) is 3.27. The summed E-state index contributed by atoms with van der Waals surface area (Å²) in [5.41, 5.74) is -1.52. The Morgan fingerprint density at radius 3 is 3.00 bits per heavy atom. The van der Waals surface area contributed by atoms with E-state index in [4.69, 9.17) is 9.47 Å². The van der Waals surface area contributed by atoms with Crippen LogP contribution in [0.1, 0.15) is 12.6 Å². The first-order chi connectivity index (χ1) is 8.18. The lowest BCUT2D eigenvalue weighted by molar-refractivity contribution is -0.133. The first kappa shape index (κ1) is 10.7. The van der Waals surface area contributed by atoms with Gasteiger partial charge in [0.05, 0.1) is 13.2 Å². The Hall–Kier alpha value is -1.44. The van der Waals surface area contributed by atoms with Crippen molar-refractivity contribution in [2.75, 3.05) is 13.2 Å². The van der Waals surface area contributed by atoms with E-state index in [2.05, 4.69) is 4.98 Å². The zero-order valence-electron chi connectivity index (χ0n) is 8.94. The van der Waals surface area contributed by atoms with Gasteiger partial charge in [0.15, 0.2) is 5.60 Å². The summed E-state index contributed by atoms with van der Waals surface area (Å²) in [6.45, 7) is -0.688. The molecule has 2 aliphatic heterocycles. The summed E-state index contributed by atoms with van der Waals surface area (Å²) in [5.74, 6) is 0. The average molecular weight is 240 g/mol. The quantitative estimate of drug-likeness (QED) is 0.663. The Morgan fingerprint density at radius 1 is 1.53 bits per heavy atom. The van der Waals surface area contributed by atoms with Gasteiger partial charge >= 0.3 is 6.01 Å². The minimum absolute atomic E-state index is 0.169. The molecule has 0 spiro atoms. The van der Waals surface area contributed by atoms with Gasteiger partial charge in [-0.15, -0.1) is 0 Å². The van der Waals surface area contributed by atoms with Gasteiger partial charge in [0, 0.05) is 18.7 Å². The van der Waals surface area contributed by atoms with Crippen LogP contribution in [0.25, 0.3) is 0 Å². The highest BCUT2D eigenvalue weighted by atomic mass is 16.6. The molecule has 7 heteroatoms. The molecule has 1 aromatic heterocycles. The highest BCUT2D eigenvalue weighted by molar-refractivity contribution is 5.10. The van der Waals surface area contributed by atoms with Crippen LogP contribution in [0.3, 0.4) is 0 Å². The summed E-state index contributed by atoms with van der Waals surface area (Å²) in [6.07, 6.45) is 1.20. The Balaban J connectivity index is 2.04. The third kappa shape index (κ3) is 1.40. The van der Waals surface area contributed by atoms with Crippen molar-refractivity contribution in [1.29, 1.82) is 0 Å². The minimum atomic E-state index is -1.12. The first-order valence-electron chi connectivity index (χ1n) is 5.34. The summed E-state index contributed by atoms with van der Waals surface area (Å²) in [6, 6.07) is 1.48. The number of aliphatic hydroxyl groups excluding tert-OH is 2. The summed E-state index contributed by atoms with van der Waals surface area (Å²) >= 11 is 0. The largest absolute Gasteiger partial charge is 0.458 e. The van der Waals surface area contributed by atoms with Gasteiger partial charge in [-0.1, -0.05) is 0 Å². The molecule has 0 unspecified atom stereocenters. The average Bonchev–Trinajstić information content (AvgIpc) is 2.63. The van der Waals surface area contributed by atoms with Gasteiger partial charge in [0.2, 0.25) is 0 Å². The molecule has 0 amide bonds. The van der Waals surface area contributed by atoms with Crippen molar-refractivity contribution >= 4 is 0 Å². The van der Waals surface area contributed by atoms with Crippen molar-refractivity contribution in [3.8, 4) is 6.01 Å². The minimum Gasteiger partial charge on any atom is -0.458 e. The fourth-order valence-corrected chi connectivity index (χ4v) is 2.28. The van der Waals surface area contributed by atoms with Gasteiger partial charge in [-0.25, -0.2) is 0 Å². The molecule has 2 atom stereocenters. The second-order valence-electron chi connectivity index (χ2n) is 4.25. The standard InChI is InChI=1S/C10H12N2O5/c13-4-10(5-14)6-3-8(17-10)12-2-1-7(15)11-9(12)16-6/h1-2,6,8,13-14H,3-5H2/t6-,8-/m1/s1. The topological polar surface area (TPSA) is 93.8 Å². The first-order valence-corrected chi connectivity index (χ1v) is 5.34. The highest BCUT2D eigenvalue weighted by Crippen LogP contribution is 2.43. The molecular weight excluding hydrogens is 228 g/mol. The van der Waals surface area contributed by atoms with E-state index in [-0.39, 0.29) is 25.5 Å². The van der Waals surface area contributed by atoms with Crippen LogP contribution in [0.4, 0.5) is 0 Å². The normalized spacial score (nSPS) is 28.6. The lowest BCUT2D eigenvalue weighted by atomic mass is 9.98. The lowest BCUT2D eigenvalue weighted by Crippen LogP contribution is -2.49. The van der Waals surface area contributed by atoms with Gasteiger partial charge in [0.25, 0.3) is 5.56 Å². The lowest BCUT2D eigenvalue weighted by Gasteiger charge is -2.28. The summed E-state index contributed by atoms with van der Waals surface area (Å²) in [5, 5.41) is 18.7. The monoisotopic (exact) mass is 240 g/mol. The molecule has 0 radical (unpaired) electrons. The molecule has 92 valence electrons. The molecule has 2 N–H and O–H groups in total. The summed E-state index contributed by atoms with van der Waals surface area (Å²) in [4.78, 5) is 14.9. The molecular formula is C10H12N2O5. The van der Waals surface area contributed by atoms with Crippen LogP contribution < -0.4 is 10.3 Å². The maximum absolute atomic E-state index is 11.1. The number of ether oxygens (including phenoxy) is 2. The number of nitrogens with zero attached hydrogens (tertiary/aromatic N) is 2. The Kier molecular flexibility index (Phi) is 2.22. The van der Waals surface area contributed by atoms with Crippen molar-refractivity contribution in [3.63, 3.8) is 0 Å². The van der Waals surface area contributed by atoms with Crippen LogP contribution >= 0.6 is 0 Å². The Bertz CT molecular complexity index is 496. The zero-order valence-corrected chi connectivity index (χ0v) is 8.94. The molecule has 1 fully saturated rings. The Labute approximate surface area is 96.2 Å². The van der Waals surface area contributed by atoms with Crippen LogP contribution in [-0.2, 0) is 4.74 Å². The van der Waals surface area contributed by atoms with Gasteiger partial charge in [-0.05, 0) is 0 Å². The van der Waals surface area contributed by atoms with Crippen molar-refractivity contribution in [2.45, 2.75) is 24.4 Å². The SMILES string of the molecule is O=c1ccn2c(n1)O[C@@H]1C[C@H]2OC1(CO)CO. The fraction of sp³-hybridized carbons (Fsp3) is 0.600. The van der Waals surface area contributed by atoms with Gasteiger partial charge in [0.1, 0.15) is 12.3 Å². The summed E-state index contributed by atoms with van der Waals surface area (Å²) < 4.78 is 12.7. The second kappa shape index (κ2) is 3.52. The van der Waals surface area contributed by atoms with E-state index >= 15 is 0 Å². The van der Waals surface area contributed by atoms with E-state index in [0.29, 0.717) is 6.42 Å². The van der Waals surface area contributed by atoms with Crippen LogP contribution in [0.5, 0.6) is 6.01 Å². The van der Waals surface area contributed by atoms with Crippen molar-refractivity contribution < 1.29 is 19.7 Å². The van der Waals surface area contributed by atoms with Gasteiger partial charge in [-0.3, -0.25) is 9.36 Å². The fourth-order valence-electron chi connectivity index (χ4n) is 2.28. The van der Waals surface area contributed by atoms with E-state index in [1.165, 1.54) is 12.3 Å². The van der Waals surface area contributed by atoms with Crippen LogP contribution in [0.15, 0.2) is 17.1 Å². The molecule has 0 aromatic carbocycles. The predicted octanol–water partition coefficient (Wildman–Crippen LogP) is -1.35. The summed E-state index contributed by atoms with van der Waals surface area (Å²) in [7, 11) is 0. The molecule has 3 rings (SSSR count). The number of hydrogen-bond donors (Lipinski definition) is 2. The van der Waals surface area contributed by atoms with E-state index in [9.17, 15) is 15.0 Å². The molecule has 2 aliphatic rings. The smallest absolute Gasteiger partial charge is 0.302 e. The van der Waals surface area contributed by atoms with E-state index in [1.807, 2.05) is 0 Å². The number of fused-ring (bicyclic) bond motifs is 4. The predicted molar refractivity (Wildman–Crippen MR) is 54.6 cm³/mol. The molecule has 7 nitrogen and oxygen atoms in total. The molecule has 17 heavy (non-hydrogen) atoms. The van der Waals surface area contributed by atoms with Crippen molar-refractivity contribution in [1.82, 2.24) is 9.55 Å². The van der Waals surface area contributed by atoms with E-state index < -0.39 is 17.3 Å². The van der Waals surface area contributed by atoms with Crippen molar-refractivity contribution in [3.05, 3.63) is 22.6 Å². The van der Waals surface area contributed by atoms with Crippen LogP contribution in [-0.4, -0.2) is 44.7 Å². The maximum atomic E-state index is 11.1. The Morgan fingerprint density at radius 2 is 2.29 bits per heavy atom. The third-order valence-corrected chi connectivity index (χ3v) is 3.27. The van der Waals surface area contributed by atoms with E-state index in [0.717, 1.165) is 0 Å². The highest BCUT2D eigenvalue weighted by Gasteiger charge is 2.53.